The van der Waals surface area contributed by atoms with Crippen LogP contribution < -0.4 is 10.2 Å². The quantitative estimate of drug-likeness (QED) is 0.601. The van der Waals surface area contributed by atoms with Gasteiger partial charge in [0, 0.05) is 11.5 Å². The Morgan fingerprint density at radius 3 is 2.39 bits per heavy atom. The lowest BCUT2D eigenvalue weighted by molar-refractivity contribution is -0.0163. The average Bonchev–Trinajstić information content (AvgIpc) is 2.22. The van der Waals surface area contributed by atoms with Crippen molar-refractivity contribution in [3.8, 4) is 5.75 Å². The third-order valence-electron chi connectivity index (χ3n) is 2.14. The van der Waals surface area contributed by atoms with Crippen molar-refractivity contribution in [1.29, 1.82) is 0 Å². The summed E-state index contributed by atoms with van der Waals surface area (Å²) in [5, 5.41) is 17.7. The van der Waals surface area contributed by atoms with Gasteiger partial charge in [0.05, 0.1) is 12.2 Å². The maximum Gasteiger partial charge on any atom is 0.491 e. The second-order valence-corrected chi connectivity index (χ2v) is 4.87. The molecule has 0 spiro atoms. The highest BCUT2D eigenvalue weighted by atomic mass is 19.1. The Morgan fingerprint density at radius 2 is 1.89 bits per heavy atom. The van der Waals surface area contributed by atoms with E-state index in [4.69, 9.17) is 19.5 Å². The van der Waals surface area contributed by atoms with E-state index in [9.17, 15) is 4.39 Å². The zero-order valence-corrected chi connectivity index (χ0v) is 10.8. The van der Waals surface area contributed by atoms with Gasteiger partial charge in [-0.15, -0.1) is 0 Å². The van der Waals surface area contributed by atoms with Gasteiger partial charge in [-0.25, -0.2) is 4.39 Å². The van der Waals surface area contributed by atoms with Crippen LogP contribution in [0.1, 0.15) is 20.8 Å². The maximum absolute atomic E-state index is 13.4. The first-order chi connectivity index (χ1) is 8.29. The van der Waals surface area contributed by atoms with E-state index in [0.29, 0.717) is 19.0 Å². The maximum atomic E-state index is 13.4. The number of rotatable bonds is 5. The largest absolute Gasteiger partial charge is 0.491 e. The van der Waals surface area contributed by atoms with Gasteiger partial charge in [-0.3, -0.25) is 0 Å². The molecular formula is C12H18BFO4. The second kappa shape index (κ2) is 6.18. The van der Waals surface area contributed by atoms with Crippen LogP contribution in [-0.2, 0) is 4.74 Å². The van der Waals surface area contributed by atoms with E-state index in [1.54, 1.807) is 0 Å². The van der Waals surface area contributed by atoms with Crippen LogP contribution in [0.4, 0.5) is 4.39 Å². The number of ether oxygens (including phenoxy) is 2. The van der Waals surface area contributed by atoms with E-state index in [0.717, 1.165) is 6.07 Å². The first kappa shape index (κ1) is 15.0. The van der Waals surface area contributed by atoms with E-state index in [1.165, 1.54) is 12.1 Å². The molecule has 0 heterocycles. The molecule has 1 rings (SSSR count). The Labute approximate surface area is 106 Å². The fourth-order valence-electron chi connectivity index (χ4n) is 1.31. The molecule has 0 aromatic heterocycles. The predicted molar refractivity (Wildman–Crippen MR) is 67.4 cm³/mol. The second-order valence-electron chi connectivity index (χ2n) is 4.87. The summed E-state index contributed by atoms with van der Waals surface area (Å²) in [6.07, 6.45) is 0. The lowest BCUT2D eigenvalue weighted by Gasteiger charge is -2.19. The molecule has 0 amide bonds. The Kier molecular flexibility index (Phi) is 5.13. The molecule has 0 aliphatic carbocycles. The van der Waals surface area contributed by atoms with E-state index in [2.05, 4.69) is 0 Å². The first-order valence-electron chi connectivity index (χ1n) is 5.72. The highest BCUT2D eigenvalue weighted by molar-refractivity contribution is 6.58. The summed E-state index contributed by atoms with van der Waals surface area (Å²) in [7, 11) is -1.82. The standard InChI is InChI=1S/C12H18BFO4/c1-12(2,3)18-7-6-17-9-4-5-10(13(15)16)11(14)8-9/h4-5,8,15-16H,6-7H2,1-3H3. The van der Waals surface area contributed by atoms with Gasteiger partial charge >= 0.3 is 7.12 Å². The molecule has 0 aliphatic rings. The van der Waals surface area contributed by atoms with Crippen molar-refractivity contribution < 1.29 is 23.9 Å². The molecule has 18 heavy (non-hydrogen) atoms. The van der Waals surface area contributed by atoms with Gasteiger partial charge in [0.15, 0.2) is 0 Å². The average molecular weight is 256 g/mol. The summed E-state index contributed by atoms with van der Waals surface area (Å²) >= 11 is 0. The molecule has 0 bridgehead atoms. The van der Waals surface area contributed by atoms with Gasteiger partial charge in [0.25, 0.3) is 0 Å². The minimum Gasteiger partial charge on any atom is -0.491 e. The molecule has 6 heteroatoms. The van der Waals surface area contributed by atoms with Crippen LogP contribution in [0.3, 0.4) is 0 Å². The minimum absolute atomic E-state index is 0.173. The molecule has 4 nitrogen and oxygen atoms in total. The third kappa shape index (κ3) is 5.04. The predicted octanol–water partition coefficient (Wildman–Crippen LogP) is 0.699. The first-order valence-corrected chi connectivity index (χ1v) is 5.72. The summed E-state index contributed by atoms with van der Waals surface area (Å²) in [6.45, 7) is 6.51. The molecular weight excluding hydrogens is 238 g/mol. The van der Waals surface area contributed by atoms with E-state index < -0.39 is 12.9 Å². The fourth-order valence-corrected chi connectivity index (χ4v) is 1.31. The third-order valence-corrected chi connectivity index (χ3v) is 2.14. The summed E-state index contributed by atoms with van der Waals surface area (Å²) < 4.78 is 24.1. The van der Waals surface area contributed by atoms with E-state index in [1.807, 2.05) is 20.8 Å². The van der Waals surface area contributed by atoms with Crippen LogP contribution in [-0.4, -0.2) is 36.0 Å². The Morgan fingerprint density at radius 1 is 1.22 bits per heavy atom. The summed E-state index contributed by atoms with van der Waals surface area (Å²) in [5.74, 6) is -0.381. The van der Waals surface area contributed by atoms with Crippen LogP contribution >= 0.6 is 0 Å². The Bertz CT molecular complexity index is 390. The normalized spacial score (nSPS) is 11.4. The molecule has 0 unspecified atom stereocenters. The molecule has 0 fully saturated rings. The number of halogens is 1. The van der Waals surface area contributed by atoms with Crippen molar-refractivity contribution in [2.75, 3.05) is 13.2 Å². The van der Waals surface area contributed by atoms with Crippen molar-refractivity contribution in [2.45, 2.75) is 26.4 Å². The zero-order chi connectivity index (χ0) is 13.8. The molecule has 1 aromatic carbocycles. The van der Waals surface area contributed by atoms with Crippen LogP contribution in [0.25, 0.3) is 0 Å². The van der Waals surface area contributed by atoms with Crippen molar-refractivity contribution in [3.63, 3.8) is 0 Å². The Hall–Kier alpha value is -1.11. The molecule has 0 saturated heterocycles. The van der Waals surface area contributed by atoms with Gasteiger partial charge in [-0.2, -0.15) is 0 Å². The monoisotopic (exact) mass is 256 g/mol. The van der Waals surface area contributed by atoms with Crippen molar-refractivity contribution >= 4 is 12.6 Å². The van der Waals surface area contributed by atoms with Gasteiger partial charge in [-0.1, -0.05) is 6.07 Å². The highest BCUT2D eigenvalue weighted by Crippen LogP contribution is 2.12. The van der Waals surface area contributed by atoms with Crippen molar-refractivity contribution in [2.24, 2.45) is 0 Å². The van der Waals surface area contributed by atoms with Crippen LogP contribution in [0, 0.1) is 5.82 Å². The SMILES string of the molecule is CC(C)(C)OCCOc1ccc(B(O)O)c(F)c1. The highest BCUT2D eigenvalue weighted by Gasteiger charge is 2.16. The molecule has 0 atom stereocenters. The van der Waals surface area contributed by atoms with Crippen LogP contribution in [0.5, 0.6) is 5.75 Å². The molecule has 0 saturated carbocycles. The lowest BCUT2D eigenvalue weighted by atomic mass is 9.80. The summed E-state index contributed by atoms with van der Waals surface area (Å²) in [5.41, 5.74) is -0.410. The number of hydrogen-bond donors (Lipinski definition) is 2. The molecule has 100 valence electrons. The van der Waals surface area contributed by atoms with Crippen LogP contribution in [0.15, 0.2) is 18.2 Å². The van der Waals surface area contributed by atoms with Gasteiger partial charge < -0.3 is 19.5 Å². The summed E-state index contributed by atoms with van der Waals surface area (Å²) in [4.78, 5) is 0. The zero-order valence-electron chi connectivity index (χ0n) is 10.8. The van der Waals surface area contributed by atoms with Gasteiger partial charge in [0.1, 0.15) is 18.2 Å². The molecule has 0 aliphatic heterocycles. The minimum atomic E-state index is -1.82. The van der Waals surface area contributed by atoms with Crippen molar-refractivity contribution in [3.05, 3.63) is 24.0 Å². The van der Waals surface area contributed by atoms with Crippen molar-refractivity contribution in [1.82, 2.24) is 0 Å². The molecule has 0 radical (unpaired) electrons. The van der Waals surface area contributed by atoms with E-state index in [-0.39, 0.29) is 11.1 Å². The van der Waals surface area contributed by atoms with E-state index >= 15 is 0 Å². The molecule has 2 N–H and O–H groups in total. The number of benzene rings is 1. The number of hydrogen-bond acceptors (Lipinski definition) is 4. The lowest BCUT2D eigenvalue weighted by Crippen LogP contribution is -2.32. The molecule has 1 aromatic rings. The Balaban J connectivity index is 2.47. The van der Waals surface area contributed by atoms with Gasteiger partial charge in [-0.05, 0) is 26.8 Å². The van der Waals surface area contributed by atoms with Gasteiger partial charge in [0.2, 0.25) is 0 Å². The smallest absolute Gasteiger partial charge is 0.491 e. The van der Waals surface area contributed by atoms with Crippen LogP contribution in [0.2, 0.25) is 0 Å². The summed E-state index contributed by atoms with van der Waals surface area (Å²) in [6, 6.07) is 3.88. The topological polar surface area (TPSA) is 58.9 Å². The fraction of sp³-hybridized carbons (Fsp3) is 0.500.